The Hall–Kier alpha value is -2.57. The molecule has 12 nitrogen and oxygen atoms in total. The van der Waals surface area contributed by atoms with E-state index < -0.39 is 81.4 Å². The van der Waals surface area contributed by atoms with E-state index in [1.54, 1.807) is 19.9 Å². The molecule has 0 radical (unpaired) electrons. The number of nitrogens with zero attached hydrogens (tertiary/aromatic N) is 1. The predicted octanol–water partition coefficient (Wildman–Crippen LogP) is 1.88. The van der Waals surface area contributed by atoms with Crippen LogP contribution in [0.25, 0.3) is 0 Å². The maximum atomic E-state index is 15.8. The van der Waals surface area contributed by atoms with Crippen LogP contribution in [0.2, 0.25) is 0 Å². The van der Waals surface area contributed by atoms with Gasteiger partial charge in [-0.15, -0.1) is 0 Å². The molecule has 2 saturated heterocycles. The van der Waals surface area contributed by atoms with Crippen LogP contribution in [0.5, 0.6) is 5.75 Å². The quantitative estimate of drug-likeness (QED) is 0.299. The molecule has 3 rings (SSSR count). The van der Waals surface area contributed by atoms with Gasteiger partial charge in [-0.25, -0.2) is 13.8 Å². The van der Waals surface area contributed by atoms with Gasteiger partial charge >= 0.3 is 19.7 Å². The van der Waals surface area contributed by atoms with E-state index in [0.717, 1.165) is 6.92 Å². The highest BCUT2D eigenvalue weighted by atomic mass is 31.2. The monoisotopic (exact) mass is 535 g/mol. The average molecular weight is 535 g/mol. The number of carbonyl (C=O) groups is 3. The summed E-state index contributed by atoms with van der Waals surface area (Å²) in [7, 11) is -4.89. The van der Waals surface area contributed by atoms with E-state index in [-0.39, 0.29) is 10.6 Å². The highest BCUT2D eigenvalue weighted by Crippen LogP contribution is 2.46. The summed E-state index contributed by atoms with van der Waals surface area (Å²) in [6, 6.07) is 4.62. The van der Waals surface area contributed by atoms with Gasteiger partial charge in [0.25, 0.3) is 0 Å². The molecule has 0 spiro atoms. The van der Waals surface area contributed by atoms with Crippen molar-refractivity contribution in [3.05, 3.63) is 30.3 Å². The van der Waals surface area contributed by atoms with Gasteiger partial charge in [0.15, 0.2) is 11.9 Å². The fourth-order valence-electron chi connectivity index (χ4n) is 3.27. The molecular formula is C22H31FN3O9P. The second kappa shape index (κ2) is 11.2. The van der Waals surface area contributed by atoms with E-state index in [1.807, 2.05) is 5.32 Å². The van der Waals surface area contributed by atoms with E-state index in [1.165, 1.54) is 31.2 Å². The second-order valence-electron chi connectivity index (χ2n) is 8.51. The SMILES string of the molecule is [2H]C([2H])(O[P@@](=O)(N[C@@H](C)C(=O)OC(C)C)Oc1ccccc1)[C@H]1O[C@@H](N2C(=O)NC(=O)CC2([2H])[2H])[C@](C)(F)[C@@H]1O. The third kappa shape index (κ3) is 6.60. The van der Waals surface area contributed by atoms with Gasteiger partial charge < -0.3 is 19.1 Å². The van der Waals surface area contributed by atoms with E-state index in [4.69, 9.17) is 24.0 Å². The van der Waals surface area contributed by atoms with Gasteiger partial charge in [-0.3, -0.25) is 24.3 Å². The molecule has 1 aromatic rings. The average Bonchev–Trinajstić information content (AvgIpc) is 3.01. The number of imide groups is 1. The molecule has 6 atom stereocenters. The highest BCUT2D eigenvalue weighted by Gasteiger charge is 2.58. The van der Waals surface area contributed by atoms with Crippen molar-refractivity contribution in [2.24, 2.45) is 0 Å². The van der Waals surface area contributed by atoms with Gasteiger partial charge in [0.2, 0.25) is 5.91 Å². The Kier molecular flexibility index (Phi) is 7.05. The molecule has 3 amide bonds. The minimum atomic E-state index is -4.89. The first-order valence-electron chi connectivity index (χ1n) is 13.0. The topological polar surface area (TPSA) is 153 Å². The molecule has 14 heteroatoms. The number of aliphatic hydroxyl groups excluding tert-OH is 1. The first-order chi connectivity index (χ1) is 18.3. The molecule has 200 valence electrons. The maximum Gasteiger partial charge on any atom is 0.459 e. The van der Waals surface area contributed by atoms with Gasteiger partial charge in [0.1, 0.15) is 24.0 Å². The van der Waals surface area contributed by atoms with Crippen molar-refractivity contribution in [3.63, 3.8) is 0 Å². The Morgan fingerprint density at radius 2 is 2.08 bits per heavy atom. The van der Waals surface area contributed by atoms with Crippen LogP contribution in [-0.2, 0) is 28.2 Å². The minimum Gasteiger partial charge on any atom is -0.462 e. The van der Waals surface area contributed by atoms with Crippen LogP contribution >= 0.6 is 7.75 Å². The summed E-state index contributed by atoms with van der Waals surface area (Å²) in [6.07, 6.45) is -8.36. The fraction of sp³-hybridized carbons (Fsp3) is 0.591. The zero-order valence-corrected chi connectivity index (χ0v) is 20.9. The standard InChI is InChI=1S/C22H31FN3O9P/c1-13(2)33-19(29)14(3)25-36(31,35-15-8-6-5-7-9-15)32-12-16-18(28)22(4,23)20(34-16)26-11-10-17(27)24-21(26)30/h5-9,13-14,16,18,20,28H,10-12H2,1-4H3,(H,25,31)(H,24,27,30)/t14-,16+,18+,20+,22+,36-/m0/s1/i11D2,12D2. The summed E-state index contributed by atoms with van der Waals surface area (Å²) < 4.78 is 83.5. The number of hydrogen-bond acceptors (Lipinski definition) is 9. The maximum absolute atomic E-state index is 15.8. The third-order valence-corrected chi connectivity index (χ3v) is 6.55. The summed E-state index contributed by atoms with van der Waals surface area (Å²) in [6.45, 7) is -0.971. The number of amides is 3. The van der Waals surface area contributed by atoms with Gasteiger partial charge in [0, 0.05) is 12.9 Å². The van der Waals surface area contributed by atoms with E-state index in [2.05, 4.69) is 5.09 Å². The number of carbonyl (C=O) groups excluding carboxylic acids is 3. The van der Waals surface area contributed by atoms with Gasteiger partial charge in [-0.1, -0.05) is 18.2 Å². The number of alkyl halides is 1. The number of halogens is 1. The summed E-state index contributed by atoms with van der Waals surface area (Å²) in [5, 5.41) is 14.8. The number of aliphatic hydroxyl groups is 1. The molecule has 2 fully saturated rings. The summed E-state index contributed by atoms with van der Waals surface area (Å²) in [5.74, 6) is -1.92. The molecular weight excluding hydrogens is 500 g/mol. The van der Waals surface area contributed by atoms with Crippen molar-refractivity contribution < 1.29 is 52.4 Å². The minimum absolute atomic E-state index is 0.0671. The van der Waals surface area contributed by atoms with Crippen LogP contribution in [0.15, 0.2) is 30.3 Å². The first kappa shape index (κ1) is 22.6. The molecule has 0 bridgehead atoms. The zero-order valence-electron chi connectivity index (χ0n) is 24.0. The largest absolute Gasteiger partial charge is 0.462 e. The van der Waals surface area contributed by atoms with Crippen molar-refractivity contribution in [2.75, 3.05) is 13.1 Å². The lowest BCUT2D eigenvalue weighted by Crippen LogP contribution is -2.59. The van der Waals surface area contributed by atoms with Crippen LogP contribution < -0.4 is 14.9 Å². The van der Waals surface area contributed by atoms with Crippen LogP contribution in [0, 0.1) is 0 Å². The Morgan fingerprint density at radius 3 is 2.69 bits per heavy atom. The number of benzene rings is 1. The molecule has 0 aliphatic carbocycles. The van der Waals surface area contributed by atoms with Crippen molar-refractivity contribution in [2.45, 2.75) is 70.4 Å². The lowest BCUT2D eigenvalue weighted by molar-refractivity contribution is -0.149. The van der Waals surface area contributed by atoms with E-state index in [0.29, 0.717) is 0 Å². The second-order valence-corrected chi connectivity index (χ2v) is 10.1. The van der Waals surface area contributed by atoms with Crippen molar-refractivity contribution in [3.8, 4) is 5.75 Å². The summed E-state index contributed by atoms with van der Waals surface area (Å²) in [4.78, 5) is 36.6. The molecule has 3 N–H and O–H groups in total. The number of para-hydroxylation sites is 1. The normalized spacial score (nSPS) is 32.4. The molecule has 1 aromatic carbocycles. The van der Waals surface area contributed by atoms with Crippen LogP contribution in [-0.4, -0.2) is 77.2 Å². The molecule has 0 saturated carbocycles. The van der Waals surface area contributed by atoms with Crippen molar-refractivity contribution >= 4 is 25.7 Å². The number of nitrogens with one attached hydrogen (secondary N) is 2. The van der Waals surface area contributed by atoms with Crippen molar-refractivity contribution in [1.29, 1.82) is 0 Å². The first-order valence-corrected chi connectivity index (χ1v) is 12.5. The lowest BCUT2D eigenvalue weighted by Gasteiger charge is -2.35. The van der Waals surface area contributed by atoms with E-state index in [9.17, 15) is 24.1 Å². The van der Waals surface area contributed by atoms with Gasteiger partial charge in [0.05, 0.1) is 18.1 Å². The van der Waals surface area contributed by atoms with Crippen molar-refractivity contribution in [1.82, 2.24) is 15.3 Å². The smallest absolute Gasteiger partial charge is 0.459 e. The Balaban J connectivity index is 1.92. The summed E-state index contributed by atoms with van der Waals surface area (Å²) in [5.41, 5.74) is -3.00. The zero-order chi connectivity index (χ0) is 30.3. The molecule has 2 aliphatic rings. The lowest BCUT2D eigenvalue weighted by atomic mass is 9.97. The Labute approximate surface area is 213 Å². The summed E-state index contributed by atoms with van der Waals surface area (Å²) >= 11 is 0. The predicted molar refractivity (Wildman–Crippen MR) is 123 cm³/mol. The van der Waals surface area contributed by atoms with Gasteiger partial charge in [-0.2, -0.15) is 5.09 Å². The Morgan fingerprint density at radius 1 is 1.42 bits per heavy atom. The molecule has 2 aliphatic heterocycles. The molecule has 0 aromatic heterocycles. The number of urea groups is 1. The number of esters is 1. The van der Waals surface area contributed by atoms with Gasteiger partial charge in [-0.05, 0) is 39.8 Å². The molecule has 36 heavy (non-hydrogen) atoms. The molecule has 0 unspecified atom stereocenters. The van der Waals surface area contributed by atoms with Crippen LogP contribution in [0.3, 0.4) is 0 Å². The molecule has 2 heterocycles. The number of hydrogen-bond donors (Lipinski definition) is 3. The van der Waals surface area contributed by atoms with Crippen LogP contribution in [0.4, 0.5) is 9.18 Å². The fourth-order valence-corrected chi connectivity index (χ4v) is 4.64. The van der Waals surface area contributed by atoms with E-state index >= 15 is 4.39 Å². The third-order valence-electron chi connectivity index (χ3n) is 5.05. The highest BCUT2D eigenvalue weighted by molar-refractivity contribution is 7.52. The number of ether oxygens (including phenoxy) is 2. The number of rotatable bonds is 10. The Bertz CT molecular complexity index is 1180. The van der Waals surface area contributed by atoms with Crippen LogP contribution in [0.1, 0.15) is 39.6 Å².